The van der Waals surface area contributed by atoms with Crippen LogP contribution in [0.3, 0.4) is 0 Å². The van der Waals surface area contributed by atoms with E-state index in [1.54, 1.807) is 19.3 Å². The Balaban J connectivity index is 3.23. The van der Waals surface area contributed by atoms with Gasteiger partial charge in [0.2, 0.25) is 0 Å². The Hall–Kier alpha value is -0.260. The van der Waals surface area contributed by atoms with E-state index in [2.05, 4.69) is 33.5 Å². The van der Waals surface area contributed by atoms with Crippen LogP contribution in [0.1, 0.15) is 18.5 Å². The summed E-state index contributed by atoms with van der Waals surface area (Å²) in [6, 6.07) is 1.71. The normalized spacial score (nSPS) is 12.9. The lowest BCUT2D eigenvalue weighted by Gasteiger charge is -2.09. The summed E-state index contributed by atoms with van der Waals surface area (Å²) in [4.78, 5) is 11.3. The van der Waals surface area contributed by atoms with Crippen molar-refractivity contribution in [1.29, 1.82) is 0 Å². The van der Waals surface area contributed by atoms with Crippen LogP contribution in [-0.4, -0.2) is 4.57 Å². The molecule has 1 rings (SSSR count). The number of hydrogen-bond donors (Lipinski definition) is 1. The van der Waals surface area contributed by atoms with E-state index >= 15 is 0 Å². The molecular weight excluding hydrogens is 252 g/mol. The van der Waals surface area contributed by atoms with E-state index in [1.807, 2.05) is 6.92 Å². The number of aromatic nitrogens is 1. The Morgan fingerprint density at radius 2 is 2.31 bits per heavy atom. The quantitative estimate of drug-likeness (QED) is 0.799. The molecule has 0 radical (unpaired) electrons. The van der Waals surface area contributed by atoms with E-state index in [9.17, 15) is 4.79 Å². The first-order valence-electron chi connectivity index (χ1n) is 3.84. The van der Waals surface area contributed by atoms with Gasteiger partial charge in [-0.25, -0.2) is 0 Å². The van der Waals surface area contributed by atoms with Crippen molar-refractivity contribution in [3.63, 3.8) is 0 Å². The van der Waals surface area contributed by atoms with Crippen molar-refractivity contribution in [2.24, 2.45) is 7.05 Å². The second kappa shape index (κ2) is 4.30. The molecular formula is C8H12BrN2OS+. The minimum Gasteiger partial charge on any atom is -0.317 e. The fourth-order valence-electron chi connectivity index (χ4n) is 1.02. The predicted octanol–water partition coefficient (Wildman–Crippen LogP) is 0.725. The number of halogens is 1. The highest BCUT2D eigenvalue weighted by Crippen LogP contribution is 2.20. The maximum absolute atomic E-state index is 11.3. The third kappa shape index (κ3) is 2.36. The third-order valence-corrected chi connectivity index (χ3v) is 2.99. The van der Waals surface area contributed by atoms with Gasteiger partial charge in [0.05, 0.1) is 6.04 Å². The lowest BCUT2D eigenvalue weighted by molar-refractivity contribution is 0.736. The van der Waals surface area contributed by atoms with Gasteiger partial charge in [-0.1, -0.05) is 0 Å². The van der Waals surface area contributed by atoms with Gasteiger partial charge in [-0.15, -0.1) is 4.72 Å². The summed E-state index contributed by atoms with van der Waals surface area (Å²) >= 11 is 6.60. The number of hydrogen-bond acceptors (Lipinski definition) is 2. The van der Waals surface area contributed by atoms with Gasteiger partial charge < -0.3 is 4.57 Å². The Morgan fingerprint density at radius 1 is 1.69 bits per heavy atom. The van der Waals surface area contributed by atoms with Crippen LogP contribution in [0.2, 0.25) is 0 Å². The molecule has 0 aliphatic carbocycles. The first-order chi connectivity index (χ1) is 6.06. The third-order valence-electron chi connectivity index (χ3n) is 1.89. The average Bonchev–Trinajstić information content (AvgIpc) is 2.10. The zero-order valence-electron chi connectivity index (χ0n) is 7.47. The fourth-order valence-corrected chi connectivity index (χ4v) is 1.94. The fraction of sp³-hybridized carbons (Fsp3) is 0.375. The molecule has 3 nitrogen and oxygen atoms in total. The highest BCUT2D eigenvalue weighted by molar-refractivity contribution is 9.10. The van der Waals surface area contributed by atoms with Crippen molar-refractivity contribution in [1.82, 2.24) is 9.29 Å². The minimum absolute atomic E-state index is 0.00744. The number of rotatable bonds is 2. The van der Waals surface area contributed by atoms with Gasteiger partial charge in [-0.2, -0.15) is 0 Å². The summed E-state index contributed by atoms with van der Waals surface area (Å²) in [6.45, 7) is 1.96. The molecule has 0 saturated heterocycles. The molecule has 1 aromatic rings. The Labute approximate surface area is 90.8 Å². The molecule has 1 aromatic heterocycles. The Kier molecular flexibility index (Phi) is 3.58. The molecule has 5 heteroatoms. The van der Waals surface area contributed by atoms with E-state index in [0.29, 0.717) is 0 Å². The van der Waals surface area contributed by atoms with Crippen molar-refractivity contribution >= 4 is 28.7 Å². The first kappa shape index (κ1) is 10.8. The molecule has 0 aliphatic heterocycles. The van der Waals surface area contributed by atoms with E-state index in [0.717, 1.165) is 10.0 Å². The lowest BCUT2D eigenvalue weighted by Crippen LogP contribution is -2.20. The maximum atomic E-state index is 11.3. The van der Waals surface area contributed by atoms with Crippen LogP contribution in [0.15, 0.2) is 21.5 Å². The molecule has 13 heavy (non-hydrogen) atoms. The van der Waals surface area contributed by atoms with Crippen LogP contribution in [0.25, 0.3) is 0 Å². The molecule has 0 bridgehead atoms. The molecule has 1 N–H and O–H groups in total. The summed E-state index contributed by atoms with van der Waals surface area (Å²) in [7, 11) is 1.72. The van der Waals surface area contributed by atoms with Crippen molar-refractivity contribution in [3.8, 4) is 0 Å². The van der Waals surface area contributed by atoms with Crippen LogP contribution in [-0.2, 0) is 19.9 Å². The molecule has 0 fully saturated rings. The molecule has 1 atom stereocenters. The molecule has 1 unspecified atom stereocenters. The van der Waals surface area contributed by atoms with Crippen LogP contribution >= 0.6 is 15.9 Å². The van der Waals surface area contributed by atoms with Crippen LogP contribution in [0.4, 0.5) is 0 Å². The molecule has 0 aromatic carbocycles. The molecule has 0 saturated carbocycles. The van der Waals surface area contributed by atoms with Gasteiger partial charge in [-0.05, 0) is 28.4 Å². The van der Waals surface area contributed by atoms with Gasteiger partial charge in [0.1, 0.15) is 0 Å². The Bertz CT molecular complexity index is 364. The number of pyridine rings is 1. The van der Waals surface area contributed by atoms with Gasteiger partial charge in [0, 0.05) is 36.6 Å². The van der Waals surface area contributed by atoms with Gasteiger partial charge in [-0.3, -0.25) is 4.79 Å². The largest absolute Gasteiger partial charge is 0.317 e. The standard InChI is InChI=1S/C8H11BrN2OS/c1-5(10-13)6-3-8(12)11(2)4-7(6)9/h3-5,10,13H,1-2H3/p+1. The molecule has 0 aliphatic rings. The minimum atomic E-state index is -0.00744. The van der Waals surface area contributed by atoms with Gasteiger partial charge in [0.15, 0.2) is 0 Å². The SMILES string of the molecule is CC(N[SH2+])c1cc(=O)n(C)cc1Br. The van der Waals surface area contributed by atoms with Crippen molar-refractivity contribution in [2.75, 3.05) is 0 Å². The highest BCUT2D eigenvalue weighted by atomic mass is 79.9. The number of nitrogens with one attached hydrogen (secondary N) is 1. The second-order valence-corrected chi connectivity index (χ2v) is 4.03. The molecule has 1 heterocycles. The van der Waals surface area contributed by atoms with Crippen molar-refractivity contribution < 1.29 is 0 Å². The molecule has 0 amide bonds. The number of nitrogens with zero attached hydrogens (tertiary/aromatic N) is 1. The second-order valence-electron chi connectivity index (χ2n) is 2.89. The summed E-state index contributed by atoms with van der Waals surface area (Å²) in [5, 5.41) is 0. The molecule has 72 valence electrons. The zero-order valence-corrected chi connectivity index (χ0v) is 10.1. The number of aryl methyl sites for hydroxylation is 1. The van der Waals surface area contributed by atoms with Crippen molar-refractivity contribution in [3.05, 3.63) is 32.7 Å². The van der Waals surface area contributed by atoms with E-state index in [-0.39, 0.29) is 11.6 Å². The van der Waals surface area contributed by atoms with Crippen LogP contribution < -0.4 is 10.3 Å². The van der Waals surface area contributed by atoms with Crippen LogP contribution in [0, 0.1) is 0 Å². The maximum Gasteiger partial charge on any atom is 0.250 e. The van der Waals surface area contributed by atoms with Gasteiger partial charge in [0.25, 0.3) is 5.56 Å². The summed E-state index contributed by atoms with van der Waals surface area (Å²) in [6.07, 6.45) is 1.76. The average molecular weight is 264 g/mol. The highest BCUT2D eigenvalue weighted by Gasteiger charge is 2.10. The van der Waals surface area contributed by atoms with E-state index in [1.165, 1.54) is 4.57 Å². The van der Waals surface area contributed by atoms with E-state index < -0.39 is 0 Å². The predicted molar refractivity (Wildman–Crippen MR) is 61.1 cm³/mol. The van der Waals surface area contributed by atoms with Crippen molar-refractivity contribution in [2.45, 2.75) is 13.0 Å². The summed E-state index contributed by atoms with van der Waals surface area (Å²) in [5.41, 5.74) is 0.935. The van der Waals surface area contributed by atoms with E-state index in [4.69, 9.17) is 0 Å². The summed E-state index contributed by atoms with van der Waals surface area (Å²) in [5.74, 6) is 0. The smallest absolute Gasteiger partial charge is 0.250 e. The zero-order chi connectivity index (χ0) is 10.0. The van der Waals surface area contributed by atoms with Gasteiger partial charge >= 0.3 is 0 Å². The topological polar surface area (TPSA) is 34.0 Å². The first-order valence-corrected chi connectivity index (χ1v) is 5.14. The summed E-state index contributed by atoms with van der Waals surface area (Å²) < 4.78 is 5.36. The monoisotopic (exact) mass is 263 g/mol. The molecule has 0 spiro atoms. The van der Waals surface area contributed by atoms with Crippen LogP contribution in [0.5, 0.6) is 0 Å². The lowest BCUT2D eigenvalue weighted by atomic mass is 10.1. The Morgan fingerprint density at radius 3 is 2.85 bits per heavy atom.